The number of fused-ring (bicyclic) bond motifs is 6. The highest BCUT2D eigenvalue weighted by atomic mass is 32.2. The van der Waals surface area contributed by atoms with Crippen molar-refractivity contribution >= 4 is 96.2 Å². The van der Waals surface area contributed by atoms with Crippen molar-refractivity contribution in [3.05, 3.63) is 108 Å². The number of benzene rings is 6. The van der Waals surface area contributed by atoms with E-state index in [0.29, 0.717) is 43.6 Å². The molecule has 2 aromatic heterocycles. The molecule has 0 saturated carbocycles. The summed E-state index contributed by atoms with van der Waals surface area (Å²) in [6, 6.07) is 21.7. The molecular formula is C34H22N6O12S4. The summed E-state index contributed by atoms with van der Waals surface area (Å²) in [6.07, 6.45) is 2.41. The van der Waals surface area contributed by atoms with E-state index in [0.717, 1.165) is 21.7 Å². The third-order valence-electron chi connectivity index (χ3n) is 8.73. The smallest absolute Gasteiger partial charge is 0.282 e. The van der Waals surface area contributed by atoms with Gasteiger partial charge in [-0.1, -0.05) is 48.6 Å². The van der Waals surface area contributed by atoms with Crippen LogP contribution in [-0.4, -0.2) is 81.9 Å². The summed E-state index contributed by atoms with van der Waals surface area (Å²) >= 11 is 0. The molecule has 8 rings (SSSR count). The molecule has 0 bridgehead atoms. The van der Waals surface area contributed by atoms with E-state index in [-0.39, 0.29) is 32.3 Å². The maximum atomic E-state index is 12.6. The van der Waals surface area contributed by atoms with E-state index in [1.54, 1.807) is 24.3 Å². The summed E-state index contributed by atoms with van der Waals surface area (Å²) in [7, 11) is -18.7. The zero-order chi connectivity index (χ0) is 39.9. The molecule has 56 heavy (non-hydrogen) atoms. The normalized spacial score (nSPS) is 13.1. The van der Waals surface area contributed by atoms with Crippen LogP contribution in [0.5, 0.6) is 0 Å². The number of rotatable bonds is 8. The largest absolute Gasteiger partial charge is 0.295 e. The maximum Gasteiger partial charge on any atom is 0.295 e. The van der Waals surface area contributed by atoms with Gasteiger partial charge < -0.3 is 0 Å². The van der Waals surface area contributed by atoms with Crippen LogP contribution in [-0.2, 0) is 40.5 Å². The molecule has 0 amide bonds. The third kappa shape index (κ3) is 6.79. The lowest BCUT2D eigenvalue weighted by Crippen LogP contribution is -2.06. The minimum Gasteiger partial charge on any atom is -0.282 e. The zero-order valence-electron chi connectivity index (χ0n) is 27.8. The van der Waals surface area contributed by atoms with Crippen LogP contribution in [0.2, 0.25) is 0 Å². The Bertz CT molecular complexity index is 3260. The lowest BCUT2D eigenvalue weighted by molar-refractivity contribution is 0.480. The molecule has 2 heterocycles. The second-order valence-corrected chi connectivity index (χ2v) is 17.9. The van der Waals surface area contributed by atoms with Gasteiger partial charge in [-0.25, -0.2) is 0 Å². The summed E-state index contributed by atoms with van der Waals surface area (Å²) in [4.78, 5) is 0.373. The first-order valence-corrected chi connectivity index (χ1v) is 21.5. The van der Waals surface area contributed by atoms with Gasteiger partial charge in [-0.15, -0.1) is 20.4 Å². The van der Waals surface area contributed by atoms with E-state index in [9.17, 15) is 51.9 Å². The molecule has 284 valence electrons. The fraction of sp³-hybridized carbons (Fsp3) is 0. The van der Waals surface area contributed by atoms with E-state index in [4.69, 9.17) is 0 Å². The summed E-state index contributed by atoms with van der Waals surface area (Å²) < 4.78 is 136. The summed E-state index contributed by atoms with van der Waals surface area (Å²) in [6.45, 7) is 0. The van der Waals surface area contributed by atoms with Gasteiger partial charge in [0.1, 0.15) is 31.9 Å². The molecule has 0 spiro atoms. The number of hydrogen-bond donors (Lipinski definition) is 4. The Morgan fingerprint density at radius 3 is 1.18 bits per heavy atom. The van der Waals surface area contributed by atoms with Crippen molar-refractivity contribution in [2.24, 2.45) is 0 Å². The lowest BCUT2D eigenvalue weighted by atomic mass is 10.1. The van der Waals surface area contributed by atoms with E-state index in [2.05, 4.69) is 20.4 Å². The Morgan fingerprint density at radius 1 is 0.429 bits per heavy atom. The van der Waals surface area contributed by atoms with Gasteiger partial charge in [0.25, 0.3) is 40.5 Å². The molecule has 4 N–H and O–H groups in total. The second kappa shape index (κ2) is 12.8. The summed E-state index contributed by atoms with van der Waals surface area (Å²) in [5, 5.41) is 19.4. The molecule has 0 unspecified atom stereocenters. The number of aromatic nitrogens is 6. The van der Waals surface area contributed by atoms with Crippen LogP contribution >= 0.6 is 0 Å². The second-order valence-electron chi connectivity index (χ2n) is 12.3. The average Bonchev–Trinajstić information content (AvgIpc) is 3.77. The van der Waals surface area contributed by atoms with Crippen molar-refractivity contribution in [1.29, 1.82) is 0 Å². The van der Waals surface area contributed by atoms with Crippen LogP contribution in [0.15, 0.2) is 117 Å². The van der Waals surface area contributed by atoms with Gasteiger partial charge in [0.05, 0.1) is 21.2 Å². The van der Waals surface area contributed by atoms with Gasteiger partial charge in [0, 0.05) is 10.8 Å². The Hall–Kier alpha value is -5.98. The first-order valence-electron chi connectivity index (χ1n) is 15.7. The molecule has 0 atom stereocenters. The van der Waals surface area contributed by atoms with Crippen molar-refractivity contribution in [1.82, 2.24) is 30.0 Å². The minimum absolute atomic E-state index is 0.0782. The van der Waals surface area contributed by atoms with Gasteiger partial charge in [-0.2, -0.15) is 43.3 Å². The lowest BCUT2D eigenvalue weighted by Gasteiger charge is -2.08. The first-order chi connectivity index (χ1) is 26.2. The Balaban J connectivity index is 1.15. The molecule has 6 aromatic carbocycles. The maximum absolute atomic E-state index is 12.6. The zero-order valence-corrected chi connectivity index (χ0v) is 31.0. The topological polar surface area (TPSA) is 279 Å². The average molecular weight is 835 g/mol. The Morgan fingerprint density at radius 2 is 0.821 bits per heavy atom. The van der Waals surface area contributed by atoms with E-state index in [1.165, 1.54) is 72.8 Å². The van der Waals surface area contributed by atoms with Crippen molar-refractivity contribution in [2.75, 3.05) is 0 Å². The molecule has 8 aromatic rings. The van der Waals surface area contributed by atoms with Crippen molar-refractivity contribution in [3.63, 3.8) is 0 Å². The predicted octanol–water partition coefficient (Wildman–Crippen LogP) is 4.62. The standard InChI is InChI=1S/C34H22N6O12S4/c41-53(42,43)25-9-11-27-21(15-25)5-13-29-33(27)37-39(35-29)23-7-3-19(31(17-23)55(47,48)49)1-2-20-4-8-24(18-32(20)56(50,51)52)40-36-30-14-6-22-16-26(54(44,45)46)10-12-28(22)34(30)38-40/h1-18H,(H,41,42,43)(H,44,45,46)(H,47,48,49)(H,50,51,52)/b2-1+. The highest BCUT2D eigenvalue weighted by Crippen LogP contribution is 2.30. The SMILES string of the molecule is O=S(=O)(O)c1ccc2c(ccc3nn(-c4ccc(/C=C/c5ccc(-n6nc7ccc8cc(S(=O)(=O)O)ccc8c7n6)cc5S(=O)(=O)O)c(S(=O)(=O)O)c4)nc32)c1. The van der Waals surface area contributed by atoms with Gasteiger partial charge >= 0.3 is 0 Å². The van der Waals surface area contributed by atoms with Crippen molar-refractivity contribution in [2.45, 2.75) is 19.6 Å². The van der Waals surface area contributed by atoms with Gasteiger partial charge in [-0.05, 0) is 82.6 Å². The molecule has 22 heteroatoms. The van der Waals surface area contributed by atoms with E-state index < -0.39 is 50.3 Å². The van der Waals surface area contributed by atoms with Crippen LogP contribution < -0.4 is 0 Å². The minimum atomic E-state index is -4.90. The molecular weight excluding hydrogens is 813 g/mol. The molecule has 0 aliphatic carbocycles. The van der Waals surface area contributed by atoms with Crippen LogP contribution in [0.1, 0.15) is 11.1 Å². The fourth-order valence-corrected chi connectivity index (χ4v) is 8.56. The molecule has 0 aliphatic rings. The molecule has 0 aliphatic heterocycles. The van der Waals surface area contributed by atoms with Crippen LogP contribution in [0.3, 0.4) is 0 Å². The van der Waals surface area contributed by atoms with Gasteiger partial charge in [0.2, 0.25) is 0 Å². The quantitative estimate of drug-likeness (QED) is 0.120. The Labute approximate surface area is 315 Å². The molecule has 0 radical (unpaired) electrons. The first kappa shape index (κ1) is 37.0. The predicted molar refractivity (Wildman–Crippen MR) is 201 cm³/mol. The molecule has 0 saturated heterocycles. The van der Waals surface area contributed by atoms with Crippen LogP contribution in [0.25, 0.3) is 67.1 Å². The summed E-state index contributed by atoms with van der Waals surface area (Å²) in [5.74, 6) is 0. The van der Waals surface area contributed by atoms with Crippen molar-refractivity contribution in [3.8, 4) is 11.4 Å². The van der Waals surface area contributed by atoms with E-state index >= 15 is 0 Å². The third-order valence-corrected chi connectivity index (χ3v) is 12.2. The number of nitrogens with zero attached hydrogens (tertiary/aromatic N) is 6. The summed E-state index contributed by atoms with van der Waals surface area (Å²) in [5.41, 5.74) is 1.40. The monoisotopic (exact) mass is 834 g/mol. The van der Waals surface area contributed by atoms with Crippen LogP contribution in [0, 0.1) is 0 Å². The fourth-order valence-electron chi connectivity index (χ4n) is 6.12. The van der Waals surface area contributed by atoms with E-state index in [1.807, 2.05) is 0 Å². The van der Waals surface area contributed by atoms with Gasteiger partial charge in [-0.3, -0.25) is 18.2 Å². The van der Waals surface area contributed by atoms with Crippen molar-refractivity contribution < 1.29 is 51.9 Å². The highest BCUT2D eigenvalue weighted by Gasteiger charge is 2.21. The Kier molecular flexibility index (Phi) is 8.44. The highest BCUT2D eigenvalue weighted by molar-refractivity contribution is 7.86. The molecule has 18 nitrogen and oxygen atoms in total. The molecule has 0 fully saturated rings. The van der Waals surface area contributed by atoms with Crippen LogP contribution in [0.4, 0.5) is 0 Å². The number of hydrogen-bond acceptors (Lipinski definition) is 12. The van der Waals surface area contributed by atoms with Gasteiger partial charge in [0.15, 0.2) is 0 Å².